The first-order valence-electron chi connectivity index (χ1n) is 4.70. The van der Waals surface area contributed by atoms with Gasteiger partial charge >= 0.3 is 5.97 Å². The fraction of sp³-hybridized carbons (Fsp3) is 0.0833. The summed E-state index contributed by atoms with van der Waals surface area (Å²) in [6.07, 6.45) is 0. The molecule has 0 spiro atoms. The van der Waals surface area contributed by atoms with Crippen molar-refractivity contribution in [3.63, 3.8) is 0 Å². The highest BCUT2D eigenvalue weighted by Gasteiger charge is 2.20. The summed E-state index contributed by atoms with van der Waals surface area (Å²) in [5, 5.41) is 29.3. The average Bonchev–Trinajstić information content (AvgIpc) is 2.26. The minimum atomic E-state index is -1.21. The van der Waals surface area contributed by atoms with Gasteiger partial charge in [-0.2, -0.15) is 0 Å². The molecule has 0 radical (unpaired) electrons. The van der Waals surface area contributed by atoms with Crippen LogP contribution in [0, 0.1) is 6.92 Å². The van der Waals surface area contributed by atoms with Crippen LogP contribution in [0.5, 0.6) is 11.5 Å². The number of rotatable bonds is 1. The minimum absolute atomic E-state index is 0.0851. The third-order valence-corrected chi connectivity index (χ3v) is 2.61. The molecule has 2 rings (SSSR count). The van der Waals surface area contributed by atoms with Crippen molar-refractivity contribution in [1.82, 2.24) is 0 Å². The number of hydrogen-bond donors (Lipinski definition) is 3. The van der Waals surface area contributed by atoms with Crippen molar-refractivity contribution >= 4 is 16.7 Å². The molecule has 3 N–H and O–H groups in total. The van der Waals surface area contributed by atoms with Gasteiger partial charge in [-0.25, -0.2) is 4.79 Å². The maximum absolute atomic E-state index is 11.1. The number of carboxylic acid groups (broad SMARTS) is 1. The van der Waals surface area contributed by atoms with Crippen molar-refractivity contribution in [2.45, 2.75) is 6.92 Å². The van der Waals surface area contributed by atoms with Crippen LogP contribution in [-0.2, 0) is 0 Å². The van der Waals surface area contributed by atoms with Gasteiger partial charge in [0.15, 0.2) is 0 Å². The van der Waals surface area contributed by atoms with Crippen molar-refractivity contribution in [1.29, 1.82) is 0 Å². The topological polar surface area (TPSA) is 77.8 Å². The SMILES string of the molecule is Cc1c(O)c(C(=O)O)c2ccccc2c1O. The lowest BCUT2D eigenvalue weighted by Crippen LogP contribution is -2.00. The van der Waals surface area contributed by atoms with Gasteiger partial charge in [0.2, 0.25) is 0 Å². The third kappa shape index (κ3) is 1.27. The van der Waals surface area contributed by atoms with E-state index in [4.69, 9.17) is 5.11 Å². The van der Waals surface area contributed by atoms with E-state index in [1.165, 1.54) is 6.92 Å². The van der Waals surface area contributed by atoms with Gasteiger partial charge in [-0.05, 0) is 6.92 Å². The number of hydrogen-bond acceptors (Lipinski definition) is 3. The summed E-state index contributed by atoms with van der Waals surface area (Å²) in [5.41, 5.74) is 0.00185. The van der Waals surface area contributed by atoms with Gasteiger partial charge in [-0.1, -0.05) is 24.3 Å². The third-order valence-electron chi connectivity index (χ3n) is 2.61. The Morgan fingerprint density at radius 3 is 2.19 bits per heavy atom. The molecule has 16 heavy (non-hydrogen) atoms. The average molecular weight is 218 g/mol. The highest BCUT2D eigenvalue weighted by atomic mass is 16.4. The zero-order chi connectivity index (χ0) is 11.9. The van der Waals surface area contributed by atoms with E-state index in [0.717, 1.165) is 0 Å². The maximum Gasteiger partial charge on any atom is 0.340 e. The zero-order valence-corrected chi connectivity index (χ0v) is 8.56. The molecule has 0 atom stereocenters. The number of carboxylic acids is 1. The standard InChI is InChI=1S/C12H10O4/c1-6-10(13)8-5-3-2-4-7(8)9(11(6)14)12(15)16/h2-5,13-14H,1H3,(H,15,16). The second-order valence-electron chi connectivity index (χ2n) is 3.55. The van der Waals surface area contributed by atoms with Crippen LogP contribution in [0.15, 0.2) is 24.3 Å². The quantitative estimate of drug-likeness (QED) is 0.686. The number of aromatic hydroxyl groups is 2. The molecule has 0 aliphatic carbocycles. The Labute approximate surface area is 91.4 Å². The Kier molecular flexibility index (Phi) is 2.20. The summed E-state index contributed by atoms with van der Waals surface area (Å²) in [6.45, 7) is 1.48. The largest absolute Gasteiger partial charge is 0.507 e. The van der Waals surface area contributed by atoms with Crippen molar-refractivity contribution in [2.75, 3.05) is 0 Å². The molecular weight excluding hydrogens is 208 g/mol. The van der Waals surface area contributed by atoms with Crippen LogP contribution in [-0.4, -0.2) is 21.3 Å². The van der Waals surface area contributed by atoms with Gasteiger partial charge in [0, 0.05) is 16.3 Å². The number of phenols is 2. The monoisotopic (exact) mass is 218 g/mol. The molecule has 82 valence electrons. The van der Waals surface area contributed by atoms with E-state index >= 15 is 0 Å². The van der Waals surface area contributed by atoms with Crippen molar-refractivity contribution < 1.29 is 20.1 Å². The Morgan fingerprint density at radius 1 is 1.06 bits per heavy atom. The molecule has 0 saturated carbocycles. The van der Waals surface area contributed by atoms with E-state index < -0.39 is 5.97 Å². The Bertz CT molecular complexity index is 587. The summed E-state index contributed by atoms with van der Waals surface area (Å²) in [6, 6.07) is 6.52. The lowest BCUT2D eigenvalue weighted by molar-refractivity contribution is 0.0696. The Balaban J connectivity index is 3.04. The predicted molar refractivity (Wildman–Crippen MR) is 59.0 cm³/mol. The van der Waals surface area contributed by atoms with Gasteiger partial charge in [0.1, 0.15) is 17.1 Å². The second kappa shape index (κ2) is 3.41. The van der Waals surface area contributed by atoms with Crippen molar-refractivity contribution in [3.8, 4) is 11.5 Å². The summed E-state index contributed by atoms with van der Waals surface area (Å²) in [7, 11) is 0. The first kappa shape index (κ1) is 10.3. The van der Waals surface area contributed by atoms with Crippen LogP contribution in [0.2, 0.25) is 0 Å². The van der Waals surface area contributed by atoms with E-state index in [-0.39, 0.29) is 22.6 Å². The minimum Gasteiger partial charge on any atom is -0.507 e. The van der Waals surface area contributed by atoms with Gasteiger partial charge < -0.3 is 15.3 Å². The van der Waals surface area contributed by atoms with Crippen LogP contribution in [0.4, 0.5) is 0 Å². The fourth-order valence-electron chi connectivity index (χ4n) is 1.75. The summed E-state index contributed by atoms with van der Waals surface area (Å²) >= 11 is 0. The summed E-state index contributed by atoms with van der Waals surface area (Å²) < 4.78 is 0. The molecule has 0 saturated heterocycles. The first-order chi connectivity index (χ1) is 7.54. The van der Waals surface area contributed by atoms with Gasteiger partial charge in [-0.3, -0.25) is 0 Å². The first-order valence-corrected chi connectivity index (χ1v) is 4.70. The van der Waals surface area contributed by atoms with Gasteiger partial charge in [-0.15, -0.1) is 0 Å². The number of aromatic carboxylic acids is 1. The molecule has 2 aromatic rings. The number of benzene rings is 2. The highest BCUT2D eigenvalue weighted by Crippen LogP contribution is 2.38. The van der Waals surface area contributed by atoms with E-state index in [1.807, 2.05) is 0 Å². The van der Waals surface area contributed by atoms with E-state index in [1.54, 1.807) is 24.3 Å². The molecule has 4 nitrogen and oxygen atoms in total. The molecule has 0 amide bonds. The molecular formula is C12H10O4. The molecule has 0 aliphatic heterocycles. The van der Waals surface area contributed by atoms with Crippen molar-refractivity contribution in [2.24, 2.45) is 0 Å². The van der Waals surface area contributed by atoms with Crippen LogP contribution < -0.4 is 0 Å². The van der Waals surface area contributed by atoms with E-state index in [2.05, 4.69) is 0 Å². The second-order valence-corrected chi connectivity index (χ2v) is 3.55. The molecule has 2 aromatic carbocycles. The van der Waals surface area contributed by atoms with Gasteiger partial charge in [0.25, 0.3) is 0 Å². The number of fused-ring (bicyclic) bond motifs is 1. The van der Waals surface area contributed by atoms with Gasteiger partial charge in [0.05, 0.1) is 0 Å². The molecule has 0 aliphatic rings. The van der Waals surface area contributed by atoms with E-state index in [0.29, 0.717) is 10.8 Å². The molecule has 0 bridgehead atoms. The smallest absolute Gasteiger partial charge is 0.340 e. The predicted octanol–water partition coefficient (Wildman–Crippen LogP) is 2.26. The Hall–Kier alpha value is -2.23. The van der Waals surface area contributed by atoms with Crippen LogP contribution in [0.1, 0.15) is 15.9 Å². The number of phenolic OH excluding ortho intramolecular Hbond substituents is 1. The number of carbonyl (C=O) groups is 1. The highest BCUT2D eigenvalue weighted by molar-refractivity contribution is 6.08. The summed E-state index contributed by atoms with van der Waals surface area (Å²) in [5.74, 6) is -1.68. The van der Waals surface area contributed by atoms with Crippen molar-refractivity contribution in [3.05, 3.63) is 35.4 Å². The van der Waals surface area contributed by atoms with Crippen LogP contribution in [0.25, 0.3) is 10.8 Å². The maximum atomic E-state index is 11.1. The molecule has 0 aromatic heterocycles. The summed E-state index contributed by atoms with van der Waals surface area (Å²) in [4.78, 5) is 11.1. The molecule has 0 unspecified atom stereocenters. The van der Waals surface area contributed by atoms with Crippen LogP contribution in [0.3, 0.4) is 0 Å². The van der Waals surface area contributed by atoms with E-state index in [9.17, 15) is 15.0 Å². The lowest BCUT2D eigenvalue weighted by Gasteiger charge is -2.10. The lowest BCUT2D eigenvalue weighted by atomic mass is 9.99. The molecule has 0 fully saturated rings. The zero-order valence-electron chi connectivity index (χ0n) is 8.56. The molecule has 0 heterocycles. The molecule has 4 heteroatoms. The van der Waals surface area contributed by atoms with Crippen LogP contribution >= 0.6 is 0 Å². The Morgan fingerprint density at radius 2 is 1.62 bits per heavy atom. The fourth-order valence-corrected chi connectivity index (χ4v) is 1.75. The normalized spacial score (nSPS) is 10.6.